The molecule has 0 saturated heterocycles. The average molecular weight is 377 g/mol. The molecule has 0 amide bonds. The van der Waals surface area contributed by atoms with Crippen molar-refractivity contribution in [1.82, 2.24) is 25.4 Å². The van der Waals surface area contributed by atoms with E-state index in [0.717, 1.165) is 36.7 Å². The number of hydrogen-bond donors (Lipinski definition) is 3. The summed E-state index contributed by atoms with van der Waals surface area (Å²) in [7, 11) is 0. The zero-order valence-electron chi connectivity index (χ0n) is 15.5. The number of nitrogens with one attached hydrogen (secondary N) is 2. The summed E-state index contributed by atoms with van der Waals surface area (Å²) in [4.78, 5) is 4.64. The number of nitrogens with zero attached hydrogens (tertiary/aromatic N) is 4. The van der Waals surface area contributed by atoms with Crippen LogP contribution in [-0.2, 0) is 25.1 Å². The standard InChI is InChI=1S/C18H28N6OS/c1-3-19-17(21-13-18(2,25)14-8-10-26-12-14)20-11-16-23-22-15-7-5-4-6-9-24(15)16/h8,10,12,25H,3-7,9,11,13H2,1-2H3,(H2,19,20,21). The molecule has 3 rings (SSSR count). The van der Waals surface area contributed by atoms with Gasteiger partial charge in [0, 0.05) is 19.5 Å². The van der Waals surface area contributed by atoms with Crippen LogP contribution in [0.2, 0.25) is 0 Å². The van der Waals surface area contributed by atoms with Crippen molar-refractivity contribution in [3.63, 3.8) is 0 Å². The second-order valence-electron chi connectivity index (χ2n) is 6.83. The first-order valence-corrected chi connectivity index (χ1v) is 10.2. The molecule has 3 heterocycles. The zero-order valence-corrected chi connectivity index (χ0v) is 16.3. The Morgan fingerprint density at radius 3 is 3.00 bits per heavy atom. The van der Waals surface area contributed by atoms with Gasteiger partial charge in [-0.25, -0.2) is 4.99 Å². The van der Waals surface area contributed by atoms with Crippen LogP contribution >= 0.6 is 11.3 Å². The first-order valence-electron chi connectivity index (χ1n) is 9.28. The lowest BCUT2D eigenvalue weighted by molar-refractivity contribution is 0.0621. The third-order valence-corrected chi connectivity index (χ3v) is 5.34. The SMILES string of the molecule is CCNC(=NCc1nnc2n1CCCCC2)NCC(C)(O)c1ccsc1. The van der Waals surface area contributed by atoms with Crippen LogP contribution in [0.3, 0.4) is 0 Å². The molecule has 8 heteroatoms. The van der Waals surface area contributed by atoms with Crippen molar-refractivity contribution in [2.24, 2.45) is 4.99 Å². The monoisotopic (exact) mass is 376 g/mol. The van der Waals surface area contributed by atoms with Crippen molar-refractivity contribution in [2.75, 3.05) is 13.1 Å². The van der Waals surface area contributed by atoms with E-state index < -0.39 is 5.60 Å². The largest absolute Gasteiger partial charge is 0.384 e. The van der Waals surface area contributed by atoms with Gasteiger partial charge in [0.2, 0.25) is 0 Å². The molecule has 0 aliphatic carbocycles. The third-order valence-electron chi connectivity index (χ3n) is 4.65. The molecular formula is C18H28N6OS. The average Bonchev–Trinajstić information content (AvgIpc) is 3.24. The Morgan fingerprint density at radius 2 is 2.23 bits per heavy atom. The number of aliphatic hydroxyl groups is 1. The van der Waals surface area contributed by atoms with Crippen LogP contribution in [-0.4, -0.2) is 38.9 Å². The van der Waals surface area contributed by atoms with Gasteiger partial charge >= 0.3 is 0 Å². The number of rotatable bonds is 6. The number of aliphatic imine (C=N–C) groups is 1. The molecule has 1 unspecified atom stereocenters. The molecule has 0 spiro atoms. The van der Waals surface area contributed by atoms with E-state index >= 15 is 0 Å². The maximum absolute atomic E-state index is 10.7. The van der Waals surface area contributed by atoms with Crippen molar-refractivity contribution >= 4 is 17.3 Å². The highest BCUT2D eigenvalue weighted by atomic mass is 32.1. The molecule has 0 aromatic carbocycles. The lowest BCUT2D eigenvalue weighted by atomic mass is 9.99. The molecule has 1 aliphatic rings. The Bertz CT molecular complexity index is 722. The molecule has 2 aromatic heterocycles. The smallest absolute Gasteiger partial charge is 0.191 e. The summed E-state index contributed by atoms with van der Waals surface area (Å²) in [6.07, 6.45) is 4.60. The molecule has 7 nitrogen and oxygen atoms in total. The van der Waals surface area contributed by atoms with Gasteiger partial charge in [0.05, 0.1) is 6.54 Å². The lowest BCUT2D eigenvalue weighted by Gasteiger charge is -2.24. The maximum atomic E-state index is 10.7. The molecule has 3 N–H and O–H groups in total. The molecule has 0 radical (unpaired) electrons. The second kappa shape index (κ2) is 8.64. The van der Waals surface area contributed by atoms with E-state index in [9.17, 15) is 5.11 Å². The number of aromatic nitrogens is 3. The van der Waals surface area contributed by atoms with Gasteiger partial charge in [-0.3, -0.25) is 0 Å². The molecule has 2 aromatic rings. The number of guanidine groups is 1. The first kappa shape index (κ1) is 18.8. The second-order valence-corrected chi connectivity index (χ2v) is 7.61. The Balaban J connectivity index is 1.65. The van der Waals surface area contributed by atoms with Gasteiger partial charge in [-0.2, -0.15) is 11.3 Å². The number of thiophene rings is 1. The number of fused-ring (bicyclic) bond motifs is 1. The van der Waals surface area contributed by atoms with Crippen LogP contribution < -0.4 is 10.6 Å². The molecule has 1 atom stereocenters. The minimum absolute atomic E-state index is 0.382. The van der Waals surface area contributed by atoms with Crippen molar-refractivity contribution in [3.8, 4) is 0 Å². The normalized spacial score (nSPS) is 17.3. The van der Waals surface area contributed by atoms with Crippen molar-refractivity contribution in [1.29, 1.82) is 0 Å². The summed E-state index contributed by atoms with van der Waals surface area (Å²) < 4.78 is 2.21. The highest BCUT2D eigenvalue weighted by molar-refractivity contribution is 7.08. The fraction of sp³-hybridized carbons (Fsp3) is 0.611. The topological polar surface area (TPSA) is 87.4 Å². The van der Waals surface area contributed by atoms with Gasteiger partial charge < -0.3 is 20.3 Å². The maximum Gasteiger partial charge on any atom is 0.191 e. The lowest BCUT2D eigenvalue weighted by Crippen LogP contribution is -2.44. The Labute approximate surface area is 158 Å². The Morgan fingerprint density at radius 1 is 1.35 bits per heavy atom. The molecule has 0 saturated carbocycles. The van der Waals surface area contributed by atoms with Crippen LogP contribution in [0.4, 0.5) is 0 Å². The fourth-order valence-corrected chi connectivity index (χ4v) is 3.87. The highest BCUT2D eigenvalue weighted by Crippen LogP contribution is 2.22. The van der Waals surface area contributed by atoms with Crippen LogP contribution in [0.25, 0.3) is 0 Å². The number of hydrogen-bond acceptors (Lipinski definition) is 5. The van der Waals surface area contributed by atoms with E-state index in [1.165, 1.54) is 19.3 Å². The predicted molar refractivity (Wildman–Crippen MR) is 104 cm³/mol. The van der Waals surface area contributed by atoms with E-state index in [0.29, 0.717) is 19.0 Å². The van der Waals surface area contributed by atoms with Gasteiger partial charge in [-0.15, -0.1) is 10.2 Å². The van der Waals surface area contributed by atoms with E-state index in [-0.39, 0.29) is 0 Å². The van der Waals surface area contributed by atoms with Gasteiger partial charge in [0.1, 0.15) is 18.0 Å². The predicted octanol–water partition coefficient (Wildman–Crippen LogP) is 2.03. The Kier molecular flexibility index (Phi) is 6.26. The summed E-state index contributed by atoms with van der Waals surface area (Å²) in [5, 5.41) is 29.7. The van der Waals surface area contributed by atoms with Crippen LogP contribution in [0, 0.1) is 0 Å². The zero-order chi connectivity index (χ0) is 18.4. The number of aryl methyl sites for hydroxylation is 1. The fourth-order valence-electron chi connectivity index (χ4n) is 3.08. The Hall–Kier alpha value is -1.93. The molecule has 0 fully saturated rings. The van der Waals surface area contributed by atoms with Gasteiger partial charge in [-0.05, 0) is 49.1 Å². The van der Waals surface area contributed by atoms with Crippen LogP contribution in [0.1, 0.15) is 50.3 Å². The molecule has 1 aliphatic heterocycles. The minimum atomic E-state index is -0.942. The summed E-state index contributed by atoms with van der Waals surface area (Å²) in [6.45, 7) is 6.42. The molecule has 26 heavy (non-hydrogen) atoms. The van der Waals surface area contributed by atoms with Crippen molar-refractivity contribution < 1.29 is 5.11 Å². The van der Waals surface area contributed by atoms with Gasteiger partial charge in [0.15, 0.2) is 11.8 Å². The van der Waals surface area contributed by atoms with Crippen LogP contribution in [0.15, 0.2) is 21.8 Å². The summed E-state index contributed by atoms with van der Waals surface area (Å²) in [5.41, 5.74) is -0.0316. The van der Waals surface area contributed by atoms with Crippen LogP contribution in [0.5, 0.6) is 0 Å². The van der Waals surface area contributed by atoms with E-state index in [2.05, 4.69) is 30.4 Å². The summed E-state index contributed by atoms with van der Waals surface area (Å²) in [6, 6.07) is 1.95. The van der Waals surface area contributed by atoms with E-state index in [4.69, 9.17) is 0 Å². The van der Waals surface area contributed by atoms with E-state index in [1.807, 2.05) is 30.7 Å². The minimum Gasteiger partial charge on any atom is -0.384 e. The highest BCUT2D eigenvalue weighted by Gasteiger charge is 2.23. The van der Waals surface area contributed by atoms with Crippen molar-refractivity contribution in [2.45, 2.75) is 58.2 Å². The first-order chi connectivity index (χ1) is 12.6. The quantitative estimate of drug-likeness (QED) is 0.530. The molecule has 0 bridgehead atoms. The third kappa shape index (κ3) is 4.62. The summed E-state index contributed by atoms with van der Waals surface area (Å²) in [5.74, 6) is 2.66. The summed E-state index contributed by atoms with van der Waals surface area (Å²) >= 11 is 1.58. The van der Waals surface area contributed by atoms with E-state index in [1.54, 1.807) is 11.3 Å². The molecular weight excluding hydrogens is 348 g/mol. The van der Waals surface area contributed by atoms with Crippen molar-refractivity contribution in [3.05, 3.63) is 34.0 Å². The molecule has 142 valence electrons. The van der Waals surface area contributed by atoms with Gasteiger partial charge in [0.25, 0.3) is 0 Å². The van der Waals surface area contributed by atoms with Gasteiger partial charge in [-0.1, -0.05) is 6.42 Å².